The van der Waals surface area contributed by atoms with Crippen molar-refractivity contribution in [1.82, 2.24) is 10.2 Å². The van der Waals surface area contributed by atoms with E-state index in [1.54, 1.807) is 18.2 Å². The molecule has 0 saturated heterocycles. The number of anilines is 1. The van der Waals surface area contributed by atoms with E-state index >= 15 is 0 Å². The molecule has 1 aromatic carbocycles. The first-order valence-corrected chi connectivity index (χ1v) is 7.83. The summed E-state index contributed by atoms with van der Waals surface area (Å²) in [5.41, 5.74) is 0.617. The molecule has 1 heterocycles. The number of rotatable bonds is 4. The zero-order valence-electron chi connectivity index (χ0n) is 14.0. The number of nitrogens with one attached hydrogen (secondary N) is 2. The molecule has 124 valence electrons. The Bertz CT molecular complexity index is 647. The first-order chi connectivity index (χ1) is 10.8. The zero-order chi connectivity index (χ0) is 17.2. The molecule has 4 amide bonds. The van der Waals surface area contributed by atoms with Crippen LogP contribution in [0, 0.1) is 0 Å². The molecule has 0 spiro atoms. The lowest BCUT2D eigenvalue weighted by molar-refractivity contribution is 0.0507. The Morgan fingerprint density at radius 1 is 1.13 bits per heavy atom. The van der Waals surface area contributed by atoms with E-state index in [4.69, 9.17) is 0 Å². The molecule has 1 aliphatic heterocycles. The van der Waals surface area contributed by atoms with Crippen LogP contribution in [0.1, 0.15) is 61.3 Å². The molecule has 1 aromatic rings. The Hall–Kier alpha value is -2.37. The van der Waals surface area contributed by atoms with Gasteiger partial charge in [0.05, 0.1) is 11.1 Å². The Labute approximate surface area is 136 Å². The molecular weight excluding hydrogens is 294 g/mol. The van der Waals surface area contributed by atoms with Gasteiger partial charge in [-0.15, -0.1) is 0 Å². The predicted octanol–water partition coefficient (Wildman–Crippen LogP) is 3.00. The van der Waals surface area contributed by atoms with E-state index < -0.39 is 5.54 Å². The number of nitrogens with zero attached hydrogens (tertiary/aromatic N) is 1. The fourth-order valence-corrected chi connectivity index (χ4v) is 2.48. The topological polar surface area (TPSA) is 78.5 Å². The highest BCUT2D eigenvalue weighted by Gasteiger charge is 2.41. The minimum absolute atomic E-state index is 0.295. The maximum Gasteiger partial charge on any atom is 0.319 e. The van der Waals surface area contributed by atoms with E-state index in [9.17, 15) is 14.4 Å². The largest absolute Gasteiger partial charge is 0.338 e. The van der Waals surface area contributed by atoms with Crippen LogP contribution in [0.15, 0.2) is 18.2 Å². The summed E-state index contributed by atoms with van der Waals surface area (Å²) in [6.07, 6.45) is 1.91. The number of imide groups is 1. The molecule has 0 aromatic heterocycles. The molecule has 0 atom stereocenters. The molecule has 0 radical (unpaired) electrons. The standard InChI is InChI=1S/C17H23N3O3/c1-5-6-9-18-16(23)19-11-7-8-12-13(10-11)15(22)20(14(12)21)17(2,3)4/h7-8,10H,5-6,9H2,1-4H3,(H2,18,19,23). The third-order valence-electron chi connectivity index (χ3n) is 3.63. The van der Waals surface area contributed by atoms with Gasteiger partial charge in [-0.2, -0.15) is 0 Å². The molecule has 2 rings (SSSR count). The van der Waals surface area contributed by atoms with Crippen LogP contribution in [0.25, 0.3) is 0 Å². The third-order valence-corrected chi connectivity index (χ3v) is 3.63. The fourth-order valence-electron chi connectivity index (χ4n) is 2.48. The van der Waals surface area contributed by atoms with Gasteiger partial charge in [-0.05, 0) is 45.4 Å². The highest BCUT2D eigenvalue weighted by Crippen LogP contribution is 2.30. The number of amides is 4. The normalized spacial score (nSPS) is 14.0. The lowest BCUT2D eigenvalue weighted by Crippen LogP contribution is -2.45. The van der Waals surface area contributed by atoms with Gasteiger partial charge in [-0.3, -0.25) is 14.5 Å². The van der Waals surface area contributed by atoms with Crippen molar-refractivity contribution >= 4 is 23.5 Å². The summed E-state index contributed by atoms with van der Waals surface area (Å²) in [7, 11) is 0. The van der Waals surface area contributed by atoms with E-state index in [0.717, 1.165) is 12.8 Å². The minimum atomic E-state index is -0.585. The number of benzene rings is 1. The fraction of sp³-hybridized carbons (Fsp3) is 0.471. The second-order valence-corrected chi connectivity index (χ2v) is 6.61. The number of fused-ring (bicyclic) bond motifs is 1. The van der Waals surface area contributed by atoms with Gasteiger partial charge in [0, 0.05) is 17.8 Å². The highest BCUT2D eigenvalue weighted by molar-refractivity contribution is 6.22. The molecule has 1 aliphatic rings. The van der Waals surface area contributed by atoms with E-state index in [1.165, 1.54) is 4.90 Å². The second-order valence-electron chi connectivity index (χ2n) is 6.61. The summed E-state index contributed by atoms with van der Waals surface area (Å²) in [6, 6.07) is 4.46. The minimum Gasteiger partial charge on any atom is -0.338 e. The van der Waals surface area contributed by atoms with Crippen molar-refractivity contribution < 1.29 is 14.4 Å². The number of carbonyl (C=O) groups excluding carboxylic acids is 3. The van der Waals surface area contributed by atoms with Crippen LogP contribution in [0.3, 0.4) is 0 Å². The SMILES string of the molecule is CCCCNC(=O)Nc1ccc2c(c1)C(=O)N(C(C)(C)C)C2=O. The first-order valence-electron chi connectivity index (χ1n) is 7.83. The van der Waals surface area contributed by atoms with Gasteiger partial charge in [0.1, 0.15) is 0 Å². The van der Waals surface area contributed by atoms with Crippen molar-refractivity contribution in [3.05, 3.63) is 29.3 Å². The zero-order valence-corrected chi connectivity index (χ0v) is 14.0. The summed E-state index contributed by atoms with van der Waals surface area (Å²) in [4.78, 5) is 37.9. The van der Waals surface area contributed by atoms with Gasteiger partial charge in [0.2, 0.25) is 0 Å². The molecule has 2 N–H and O–H groups in total. The number of hydrogen-bond donors (Lipinski definition) is 2. The van der Waals surface area contributed by atoms with Crippen LogP contribution in [0.4, 0.5) is 10.5 Å². The van der Waals surface area contributed by atoms with Crippen LogP contribution in [0.5, 0.6) is 0 Å². The van der Waals surface area contributed by atoms with E-state index in [0.29, 0.717) is 23.4 Å². The summed E-state index contributed by atoms with van der Waals surface area (Å²) in [5.74, 6) is -0.621. The van der Waals surface area contributed by atoms with Crippen LogP contribution in [0.2, 0.25) is 0 Å². The van der Waals surface area contributed by atoms with Crippen molar-refractivity contribution in [2.45, 2.75) is 46.1 Å². The smallest absolute Gasteiger partial charge is 0.319 e. The quantitative estimate of drug-likeness (QED) is 0.662. The predicted molar refractivity (Wildman–Crippen MR) is 88.6 cm³/mol. The Balaban J connectivity index is 2.16. The van der Waals surface area contributed by atoms with Gasteiger partial charge in [-0.25, -0.2) is 4.79 Å². The van der Waals surface area contributed by atoms with Crippen LogP contribution < -0.4 is 10.6 Å². The Morgan fingerprint density at radius 2 is 1.78 bits per heavy atom. The van der Waals surface area contributed by atoms with Crippen molar-refractivity contribution in [2.75, 3.05) is 11.9 Å². The van der Waals surface area contributed by atoms with Gasteiger partial charge in [0.15, 0.2) is 0 Å². The van der Waals surface area contributed by atoms with Gasteiger partial charge >= 0.3 is 6.03 Å². The van der Waals surface area contributed by atoms with Crippen molar-refractivity contribution in [3.63, 3.8) is 0 Å². The molecule has 0 fully saturated rings. The highest BCUT2D eigenvalue weighted by atomic mass is 16.2. The van der Waals surface area contributed by atoms with Crippen LogP contribution >= 0.6 is 0 Å². The van der Waals surface area contributed by atoms with Crippen molar-refractivity contribution in [3.8, 4) is 0 Å². The lowest BCUT2D eigenvalue weighted by Gasteiger charge is -2.29. The van der Waals surface area contributed by atoms with E-state index in [-0.39, 0.29) is 17.8 Å². The molecule has 6 heteroatoms. The van der Waals surface area contributed by atoms with Gasteiger partial charge < -0.3 is 10.6 Å². The molecule has 0 unspecified atom stereocenters. The summed E-state index contributed by atoms with van der Waals surface area (Å²) < 4.78 is 0. The van der Waals surface area contributed by atoms with Crippen molar-refractivity contribution in [2.24, 2.45) is 0 Å². The molecule has 0 bridgehead atoms. The Morgan fingerprint density at radius 3 is 2.39 bits per heavy atom. The second kappa shape index (κ2) is 6.40. The average molecular weight is 317 g/mol. The number of unbranched alkanes of at least 4 members (excludes halogenated alkanes) is 1. The molecular formula is C17H23N3O3. The number of hydrogen-bond acceptors (Lipinski definition) is 3. The molecule has 0 saturated carbocycles. The average Bonchev–Trinajstić information content (AvgIpc) is 2.70. The monoisotopic (exact) mass is 317 g/mol. The van der Waals surface area contributed by atoms with Gasteiger partial charge in [-0.1, -0.05) is 13.3 Å². The van der Waals surface area contributed by atoms with E-state index in [2.05, 4.69) is 10.6 Å². The van der Waals surface area contributed by atoms with Crippen LogP contribution in [-0.2, 0) is 0 Å². The lowest BCUT2D eigenvalue weighted by atomic mass is 10.1. The molecule has 6 nitrogen and oxygen atoms in total. The van der Waals surface area contributed by atoms with Crippen LogP contribution in [-0.4, -0.2) is 34.8 Å². The Kier molecular flexibility index (Phi) is 4.73. The first kappa shape index (κ1) is 17.0. The molecule has 23 heavy (non-hydrogen) atoms. The number of urea groups is 1. The molecule has 0 aliphatic carbocycles. The third kappa shape index (κ3) is 3.52. The summed E-state index contributed by atoms with van der Waals surface area (Å²) >= 11 is 0. The van der Waals surface area contributed by atoms with E-state index in [1.807, 2.05) is 27.7 Å². The summed E-state index contributed by atoms with van der Waals surface area (Å²) in [6.45, 7) is 8.09. The van der Waals surface area contributed by atoms with Crippen molar-refractivity contribution in [1.29, 1.82) is 0 Å². The maximum absolute atomic E-state index is 12.5. The number of carbonyl (C=O) groups is 3. The maximum atomic E-state index is 12.5. The van der Waals surface area contributed by atoms with Gasteiger partial charge in [0.25, 0.3) is 11.8 Å². The summed E-state index contributed by atoms with van der Waals surface area (Å²) in [5, 5.41) is 5.43.